The lowest BCUT2D eigenvalue weighted by Crippen LogP contribution is -2.50. The maximum atomic E-state index is 12.1. The molecule has 21 heavy (non-hydrogen) atoms. The van der Waals surface area contributed by atoms with Gasteiger partial charge < -0.3 is 15.4 Å². The zero-order chi connectivity index (χ0) is 15.7. The van der Waals surface area contributed by atoms with Gasteiger partial charge in [-0.2, -0.15) is 0 Å². The second-order valence-electron chi connectivity index (χ2n) is 5.11. The number of carbonyl (C=O) groups is 2. The summed E-state index contributed by atoms with van der Waals surface area (Å²) in [7, 11) is 0. The first-order valence-corrected chi connectivity index (χ1v) is 7.29. The maximum Gasteiger partial charge on any atom is 0.407 e. The van der Waals surface area contributed by atoms with Gasteiger partial charge in [-0.3, -0.25) is 4.79 Å². The third-order valence-corrected chi connectivity index (χ3v) is 3.05. The van der Waals surface area contributed by atoms with E-state index in [1.807, 2.05) is 44.2 Å². The Balaban J connectivity index is 2.44. The van der Waals surface area contributed by atoms with Gasteiger partial charge in [0.2, 0.25) is 5.91 Å². The number of carbonyl (C=O) groups excluding carboxylic acids is 2. The lowest BCUT2D eigenvalue weighted by molar-refractivity contribution is -0.124. The molecule has 5 nitrogen and oxygen atoms in total. The maximum absolute atomic E-state index is 12.1. The molecule has 0 heterocycles. The number of ether oxygens (including phenoxy) is 1. The minimum Gasteiger partial charge on any atom is -0.450 e. The van der Waals surface area contributed by atoms with Gasteiger partial charge in [0, 0.05) is 6.54 Å². The molecule has 0 aliphatic heterocycles. The Hall–Kier alpha value is -2.04. The molecule has 5 heteroatoms. The molecular weight excluding hydrogens is 268 g/mol. The first-order chi connectivity index (χ1) is 10.0. The predicted octanol–water partition coefficient (Wildman–Crippen LogP) is 2.12. The highest BCUT2D eigenvalue weighted by Crippen LogP contribution is 2.03. The van der Waals surface area contributed by atoms with Gasteiger partial charge in [0.25, 0.3) is 0 Å². The molecule has 1 aromatic carbocycles. The number of rotatable bonds is 7. The van der Waals surface area contributed by atoms with Crippen LogP contribution in [0.15, 0.2) is 30.3 Å². The Morgan fingerprint density at radius 1 is 1.19 bits per heavy atom. The first-order valence-electron chi connectivity index (χ1n) is 7.29. The summed E-state index contributed by atoms with van der Waals surface area (Å²) in [5.74, 6) is -0.194. The summed E-state index contributed by atoms with van der Waals surface area (Å²) < 4.78 is 4.82. The van der Waals surface area contributed by atoms with E-state index < -0.39 is 12.1 Å². The molecule has 0 aromatic heterocycles. The Labute approximate surface area is 126 Å². The van der Waals surface area contributed by atoms with E-state index >= 15 is 0 Å². The van der Waals surface area contributed by atoms with Crippen LogP contribution in [0, 0.1) is 5.92 Å². The highest BCUT2D eigenvalue weighted by molar-refractivity contribution is 5.85. The molecule has 0 aliphatic carbocycles. The van der Waals surface area contributed by atoms with Gasteiger partial charge in [-0.25, -0.2) is 4.79 Å². The molecule has 0 radical (unpaired) electrons. The molecule has 0 saturated heterocycles. The van der Waals surface area contributed by atoms with Crippen LogP contribution in [0.1, 0.15) is 26.3 Å². The van der Waals surface area contributed by atoms with Crippen LogP contribution >= 0.6 is 0 Å². The Morgan fingerprint density at radius 2 is 1.86 bits per heavy atom. The van der Waals surface area contributed by atoms with E-state index in [2.05, 4.69) is 10.6 Å². The lowest BCUT2D eigenvalue weighted by atomic mass is 10.0. The zero-order valence-electron chi connectivity index (χ0n) is 12.9. The van der Waals surface area contributed by atoms with Crippen molar-refractivity contribution in [1.82, 2.24) is 10.6 Å². The second kappa shape index (κ2) is 9.00. The molecule has 2 N–H and O–H groups in total. The minimum atomic E-state index is -0.583. The van der Waals surface area contributed by atoms with Gasteiger partial charge in [0.05, 0.1) is 6.61 Å². The number of hydrogen-bond donors (Lipinski definition) is 2. The van der Waals surface area contributed by atoms with Crippen molar-refractivity contribution in [2.24, 2.45) is 5.92 Å². The molecule has 1 aromatic rings. The number of alkyl carbamates (subject to hydrolysis) is 1. The van der Waals surface area contributed by atoms with Crippen LogP contribution in [-0.2, 0) is 16.0 Å². The van der Waals surface area contributed by atoms with Gasteiger partial charge in [0.1, 0.15) is 6.04 Å². The first kappa shape index (κ1) is 17.0. The van der Waals surface area contributed by atoms with Crippen molar-refractivity contribution in [2.75, 3.05) is 13.2 Å². The van der Waals surface area contributed by atoms with Gasteiger partial charge in [-0.1, -0.05) is 44.2 Å². The summed E-state index contributed by atoms with van der Waals surface area (Å²) in [6.45, 7) is 6.31. The summed E-state index contributed by atoms with van der Waals surface area (Å²) in [5, 5.41) is 5.44. The molecule has 0 spiro atoms. The van der Waals surface area contributed by atoms with Crippen LogP contribution in [0.4, 0.5) is 4.79 Å². The third-order valence-electron chi connectivity index (χ3n) is 3.05. The van der Waals surface area contributed by atoms with Gasteiger partial charge in [-0.15, -0.1) is 0 Å². The second-order valence-corrected chi connectivity index (χ2v) is 5.11. The minimum absolute atomic E-state index is 0.00821. The van der Waals surface area contributed by atoms with E-state index in [1.165, 1.54) is 0 Å². The molecule has 0 aliphatic rings. The van der Waals surface area contributed by atoms with Crippen molar-refractivity contribution in [3.05, 3.63) is 35.9 Å². The molecular formula is C16H24N2O3. The zero-order valence-corrected chi connectivity index (χ0v) is 12.9. The molecule has 0 unspecified atom stereocenters. The quantitative estimate of drug-likeness (QED) is 0.809. The van der Waals surface area contributed by atoms with Crippen LogP contribution in [0.2, 0.25) is 0 Å². The lowest BCUT2D eigenvalue weighted by Gasteiger charge is -2.21. The molecule has 0 fully saturated rings. The number of amides is 2. The number of benzene rings is 1. The summed E-state index contributed by atoms with van der Waals surface area (Å²) in [4.78, 5) is 23.6. The van der Waals surface area contributed by atoms with Crippen molar-refractivity contribution in [3.63, 3.8) is 0 Å². The highest BCUT2D eigenvalue weighted by Gasteiger charge is 2.24. The van der Waals surface area contributed by atoms with Crippen LogP contribution in [0.25, 0.3) is 0 Å². The van der Waals surface area contributed by atoms with Crippen LogP contribution in [0.5, 0.6) is 0 Å². The van der Waals surface area contributed by atoms with E-state index in [0.717, 1.165) is 12.0 Å². The van der Waals surface area contributed by atoms with E-state index in [4.69, 9.17) is 4.74 Å². The largest absolute Gasteiger partial charge is 0.450 e. The molecule has 0 bridgehead atoms. The fourth-order valence-corrected chi connectivity index (χ4v) is 1.92. The molecule has 116 valence electrons. The van der Waals surface area contributed by atoms with E-state index in [1.54, 1.807) is 6.92 Å². The van der Waals surface area contributed by atoms with Crippen molar-refractivity contribution >= 4 is 12.0 Å². The van der Waals surface area contributed by atoms with Crippen molar-refractivity contribution in [3.8, 4) is 0 Å². The summed E-state index contributed by atoms with van der Waals surface area (Å²) in [6, 6.07) is 9.35. The number of hydrogen-bond acceptors (Lipinski definition) is 3. The summed E-state index contributed by atoms with van der Waals surface area (Å²) in [5.41, 5.74) is 1.16. The highest BCUT2D eigenvalue weighted by atomic mass is 16.5. The van der Waals surface area contributed by atoms with E-state index in [-0.39, 0.29) is 18.4 Å². The van der Waals surface area contributed by atoms with Crippen LogP contribution in [-0.4, -0.2) is 31.2 Å². The standard InChI is InChI=1S/C16H24N2O3/c1-4-21-16(20)18-14(12(2)3)15(19)17-11-10-13-8-6-5-7-9-13/h5-9,12,14H,4,10-11H2,1-3H3,(H,17,19)(H,18,20)/t14-/m0/s1. The Bertz CT molecular complexity index is 446. The van der Waals surface area contributed by atoms with E-state index in [9.17, 15) is 9.59 Å². The average Bonchev–Trinajstić information content (AvgIpc) is 2.45. The molecule has 2 amide bonds. The summed E-state index contributed by atoms with van der Waals surface area (Å²) in [6.07, 6.45) is 0.200. The van der Waals surface area contributed by atoms with Crippen molar-refractivity contribution < 1.29 is 14.3 Å². The topological polar surface area (TPSA) is 67.4 Å². The van der Waals surface area contributed by atoms with Gasteiger partial charge in [-0.05, 0) is 24.8 Å². The van der Waals surface area contributed by atoms with Crippen LogP contribution < -0.4 is 10.6 Å². The summed E-state index contributed by atoms with van der Waals surface area (Å²) >= 11 is 0. The smallest absolute Gasteiger partial charge is 0.407 e. The van der Waals surface area contributed by atoms with Gasteiger partial charge >= 0.3 is 6.09 Å². The molecule has 1 rings (SSSR count). The predicted molar refractivity (Wildman–Crippen MR) is 81.9 cm³/mol. The Morgan fingerprint density at radius 3 is 2.43 bits per heavy atom. The normalized spacial score (nSPS) is 11.8. The number of nitrogens with one attached hydrogen (secondary N) is 2. The van der Waals surface area contributed by atoms with Gasteiger partial charge in [0.15, 0.2) is 0 Å². The molecule has 0 saturated carbocycles. The Kier molecular flexibility index (Phi) is 7.29. The monoisotopic (exact) mass is 292 g/mol. The fourth-order valence-electron chi connectivity index (χ4n) is 1.92. The SMILES string of the molecule is CCOC(=O)N[C@H](C(=O)NCCc1ccccc1)C(C)C. The molecule has 1 atom stereocenters. The van der Waals surface area contributed by atoms with Crippen LogP contribution in [0.3, 0.4) is 0 Å². The third kappa shape index (κ3) is 6.29. The fraction of sp³-hybridized carbons (Fsp3) is 0.500. The average molecular weight is 292 g/mol. The van der Waals surface area contributed by atoms with E-state index in [0.29, 0.717) is 6.54 Å². The van der Waals surface area contributed by atoms with Crippen molar-refractivity contribution in [2.45, 2.75) is 33.2 Å². The van der Waals surface area contributed by atoms with Crippen molar-refractivity contribution in [1.29, 1.82) is 0 Å².